The van der Waals surface area contributed by atoms with Crippen LogP contribution in [0.15, 0.2) is 79.1 Å². The Morgan fingerprint density at radius 2 is 1.53 bits per heavy atom. The van der Waals surface area contributed by atoms with Gasteiger partial charge in [0, 0.05) is 41.9 Å². The second-order valence-corrected chi connectivity index (χ2v) is 11.5. The summed E-state index contributed by atoms with van der Waals surface area (Å²) in [6.07, 6.45) is 2.61. The number of carbonyl (C=O) groups is 4. The number of likely N-dealkylation sites (N-methyl/N-ethyl adjacent to an activating group) is 1. The van der Waals surface area contributed by atoms with Crippen molar-refractivity contribution in [1.82, 2.24) is 19.8 Å². The lowest BCUT2D eigenvalue weighted by atomic mass is 9.80. The van der Waals surface area contributed by atoms with Gasteiger partial charge in [0.05, 0.1) is 46.4 Å². The molecule has 2 aromatic heterocycles. The van der Waals surface area contributed by atoms with Gasteiger partial charge in [-0.3, -0.25) is 19.6 Å². The van der Waals surface area contributed by atoms with Crippen molar-refractivity contribution in [2.24, 2.45) is 0 Å². The lowest BCUT2D eigenvalue weighted by Crippen LogP contribution is -2.54. The molecule has 0 bridgehead atoms. The molecule has 0 saturated carbocycles. The predicted octanol–water partition coefficient (Wildman–Crippen LogP) is 5.10. The highest BCUT2D eigenvalue weighted by atomic mass is 35.5. The lowest BCUT2D eigenvalue weighted by Gasteiger charge is -2.33. The van der Waals surface area contributed by atoms with Gasteiger partial charge in [-0.1, -0.05) is 35.3 Å². The van der Waals surface area contributed by atoms with Crippen molar-refractivity contribution in [1.29, 1.82) is 5.26 Å². The molecule has 2 atom stereocenters. The summed E-state index contributed by atoms with van der Waals surface area (Å²) in [4.78, 5) is 65.5. The van der Waals surface area contributed by atoms with E-state index in [0.717, 1.165) is 4.90 Å². The van der Waals surface area contributed by atoms with Crippen LogP contribution in [0.4, 0.5) is 10.5 Å². The Balaban J connectivity index is 1.35. The number of aromatic nitrogens is 2. The molecule has 2 fully saturated rings. The van der Waals surface area contributed by atoms with Crippen LogP contribution in [0.1, 0.15) is 37.8 Å². The van der Waals surface area contributed by atoms with Crippen molar-refractivity contribution in [3.8, 4) is 17.5 Å². The molecule has 1 spiro atoms. The molecule has 1 N–H and O–H groups in total. The molecule has 0 radical (unpaired) electrons. The van der Waals surface area contributed by atoms with Gasteiger partial charge in [-0.25, -0.2) is 14.5 Å². The first kappa shape index (κ1) is 29.7. The van der Waals surface area contributed by atoms with E-state index in [9.17, 15) is 24.4 Å². The van der Waals surface area contributed by atoms with E-state index >= 15 is 0 Å². The van der Waals surface area contributed by atoms with Gasteiger partial charge in [0.1, 0.15) is 5.54 Å². The minimum atomic E-state index is -1.47. The zero-order valence-corrected chi connectivity index (χ0v) is 25.0. The van der Waals surface area contributed by atoms with E-state index in [1.165, 1.54) is 59.6 Å². The summed E-state index contributed by atoms with van der Waals surface area (Å²) in [6, 6.07) is 18.7. The molecule has 2 aliphatic rings. The molecule has 4 amide bonds. The maximum Gasteiger partial charge on any atom is 0.337 e. The normalized spacial score (nSPS) is 19.3. The third kappa shape index (κ3) is 5.04. The highest BCUT2D eigenvalue weighted by Gasteiger charge is 2.65. The second kappa shape index (κ2) is 11.3. The fourth-order valence-electron chi connectivity index (χ4n) is 5.89. The molecule has 2 saturated heterocycles. The third-order valence-electron chi connectivity index (χ3n) is 8.18. The van der Waals surface area contributed by atoms with Gasteiger partial charge in [0.25, 0.3) is 11.8 Å². The first-order chi connectivity index (χ1) is 21.5. The number of likely N-dealkylation sites (tertiary alicyclic amines) is 1. The Morgan fingerprint density at radius 3 is 2.07 bits per heavy atom. The second-order valence-electron chi connectivity index (χ2n) is 10.7. The number of hydrogen-bond donors (Lipinski definition) is 1. The fraction of sp³-hybridized carbons (Fsp3) is 0.156. The largest absolute Gasteiger partial charge is 0.478 e. The van der Waals surface area contributed by atoms with Crippen molar-refractivity contribution in [3.63, 3.8) is 0 Å². The van der Waals surface area contributed by atoms with Crippen molar-refractivity contribution >= 4 is 52.7 Å². The summed E-state index contributed by atoms with van der Waals surface area (Å²) >= 11 is 12.4. The number of nitrogens with zero attached hydrogens (tertiary/aromatic N) is 6. The highest BCUT2D eigenvalue weighted by molar-refractivity contribution is 6.36. The van der Waals surface area contributed by atoms with E-state index in [1.54, 1.807) is 36.4 Å². The average molecular weight is 641 g/mol. The smallest absolute Gasteiger partial charge is 0.337 e. The summed E-state index contributed by atoms with van der Waals surface area (Å²) in [5, 5.41) is 18.9. The number of urea groups is 1. The number of anilines is 1. The van der Waals surface area contributed by atoms with Crippen LogP contribution in [0.5, 0.6) is 0 Å². The minimum absolute atomic E-state index is 0.0345. The van der Waals surface area contributed by atoms with Crippen molar-refractivity contribution < 1.29 is 24.3 Å². The number of carboxylic acid groups (broad SMARTS) is 1. The number of carboxylic acids is 1. The number of aromatic carboxylic acids is 1. The number of hydrogen-bond acceptors (Lipinski definition) is 7. The maximum atomic E-state index is 14.4. The van der Waals surface area contributed by atoms with E-state index in [1.807, 2.05) is 0 Å². The number of amides is 4. The van der Waals surface area contributed by atoms with E-state index < -0.39 is 35.3 Å². The molecular formula is C32H22Cl2N6O5. The van der Waals surface area contributed by atoms with Crippen LogP contribution in [0, 0.1) is 11.3 Å². The van der Waals surface area contributed by atoms with Gasteiger partial charge in [-0.15, -0.1) is 0 Å². The number of rotatable bonds is 5. The quantitative estimate of drug-likeness (QED) is 0.296. The highest BCUT2D eigenvalue weighted by Crippen LogP contribution is 2.47. The monoisotopic (exact) mass is 640 g/mol. The molecule has 2 unspecified atom stereocenters. The van der Waals surface area contributed by atoms with Crippen LogP contribution < -0.4 is 4.90 Å². The summed E-state index contributed by atoms with van der Waals surface area (Å²) in [6.45, 7) is -0.0134. The van der Waals surface area contributed by atoms with E-state index in [0.29, 0.717) is 22.5 Å². The lowest BCUT2D eigenvalue weighted by molar-refractivity contribution is -0.124. The van der Waals surface area contributed by atoms with Crippen LogP contribution >= 0.6 is 23.2 Å². The van der Waals surface area contributed by atoms with E-state index in [2.05, 4.69) is 16.0 Å². The van der Waals surface area contributed by atoms with Crippen molar-refractivity contribution in [3.05, 3.63) is 111 Å². The maximum absolute atomic E-state index is 14.4. The van der Waals surface area contributed by atoms with E-state index in [-0.39, 0.29) is 39.9 Å². The standard InChI is InChI=1S/C32H22Cl2N6O5/c1-38-31(45)40(24-11-22(33)10-23(34)12-24)30(44)32(38)17-39(16-25(32)19-4-2-18(13-35)3-5-19)28(41)20-6-8-26(36-14-20)27-9-7-21(15-37-27)29(42)43/h2-12,14-15,25H,16-17H2,1H3,(H,42,43). The molecule has 2 aliphatic heterocycles. The molecule has 0 aliphatic carbocycles. The number of imide groups is 1. The molecule has 6 rings (SSSR count). The topological polar surface area (TPSA) is 148 Å². The molecule has 11 nitrogen and oxygen atoms in total. The van der Waals surface area contributed by atoms with Crippen molar-refractivity contribution in [2.75, 3.05) is 25.0 Å². The average Bonchev–Trinajstić information content (AvgIpc) is 3.53. The number of pyridine rings is 2. The fourth-order valence-corrected chi connectivity index (χ4v) is 6.40. The Bertz CT molecular complexity index is 1890. The predicted molar refractivity (Wildman–Crippen MR) is 164 cm³/mol. The SMILES string of the molecule is CN1C(=O)N(c2cc(Cl)cc(Cl)c2)C(=O)C12CN(C(=O)c1ccc(-c3ccc(C(=O)O)cn3)nc1)CC2c1ccc(C#N)cc1. The Labute approximate surface area is 266 Å². The molecule has 4 heterocycles. The van der Waals surface area contributed by atoms with Crippen LogP contribution in [-0.4, -0.2) is 74.4 Å². The zero-order valence-electron chi connectivity index (χ0n) is 23.5. The minimum Gasteiger partial charge on any atom is -0.478 e. The van der Waals surface area contributed by atoms with Crippen LogP contribution in [0.3, 0.4) is 0 Å². The number of carbonyl (C=O) groups excluding carboxylic acids is 3. The molecule has 2 aromatic carbocycles. The number of benzene rings is 2. The van der Waals surface area contributed by atoms with E-state index in [4.69, 9.17) is 28.3 Å². The number of nitriles is 1. The Morgan fingerprint density at radius 1 is 0.933 bits per heavy atom. The third-order valence-corrected chi connectivity index (χ3v) is 8.62. The molecular weight excluding hydrogens is 619 g/mol. The van der Waals surface area contributed by atoms with Crippen LogP contribution in [-0.2, 0) is 4.79 Å². The van der Waals surface area contributed by atoms with Crippen molar-refractivity contribution in [2.45, 2.75) is 11.5 Å². The van der Waals surface area contributed by atoms with Gasteiger partial charge in [0.2, 0.25) is 0 Å². The van der Waals surface area contributed by atoms with Gasteiger partial charge in [-0.2, -0.15) is 5.26 Å². The molecule has 45 heavy (non-hydrogen) atoms. The molecule has 224 valence electrons. The Hall–Kier alpha value is -5.31. The molecule has 4 aromatic rings. The summed E-state index contributed by atoms with van der Waals surface area (Å²) < 4.78 is 0. The summed E-state index contributed by atoms with van der Waals surface area (Å²) in [5.74, 6) is -2.68. The summed E-state index contributed by atoms with van der Waals surface area (Å²) in [7, 11) is 1.52. The summed E-state index contributed by atoms with van der Waals surface area (Å²) in [5.41, 5.74) is 0.976. The first-order valence-electron chi connectivity index (χ1n) is 13.6. The number of halogens is 2. The van der Waals surface area contributed by atoms with Gasteiger partial charge in [-0.05, 0) is 60.2 Å². The van der Waals surface area contributed by atoms with Crippen LogP contribution in [0.2, 0.25) is 10.0 Å². The zero-order chi connectivity index (χ0) is 32.0. The van der Waals surface area contributed by atoms with Gasteiger partial charge < -0.3 is 14.9 Å². The first-order valence-corrected chi connectivity index (χ1v) is 14.3. The van der Waals surface area contributed by atoms with Gasteiger partial charge in [0.15, 0.2) is 0 Å². The van der Waals surface area contributed by atoms with Gasteiger partial charge >= 0.3 is 12.0 Å². The Kier molecular flexibility index (Phi) is 7.48. The van der Waals surface area contributed by atoms with Crippen LogP contribution in [0.25, 0.3) is 11.4 Å². The molecule has 13 heteroatoms.